The summed E-state index contributed by atoms with van der Waals surface area (Å²) in [5.41, 5.74) is -0.761. The molecule has 0 bridgehead atoms. The van der Waals surface area contributed by atoms with Crippen LogP contribution in [-0.4, -0.2) is 67.7 Å². The third kappa shape index (κ3) is 9.21. The van der Waals surface area contributed by atoms with Crippen LogP contribution >= 0.6 is 19.4 Å². The van der Waals surface area contributed by atoms with Crippen LogP contribution in [0.5, 0.6) is 0 Å². The highest BCUT2D eigenvalue weighted by molar-refractivity contribution is 8.13. The standard InChI is InChI=1S/C20H35N2O8PS/c1-13(2)15(19(26)28-6)11-31(27)29-12-20(4,5)17(30-31)18(25)22-8-7-16(24)21-9-10-32-14(3)23/h13,15,17H,7-12H2,1-6H3,(H,21,24)(H,22,25)/t15-,17-,31?/m0/s1. The minimum absolute atomic E-state index is 0.0165. The number of hydrogen-bond acceptors (Lipinski definition) is 9. The van der Waals surface area contributed by atoms with Crippen molar-refractivity contribution in [3.8, 4) is 0 Å². The number of methoxy groups -OCH3 is 1. The van der Waals surface area contributed by atoms with Gasteiger partial charge in [0.15, 0.2) is 11.2 Å². The maximum absolute atomic E-state index is 13.2. The SMILES string of the molecule is COC(=O)[C@@H](CP1(=O)OCC(C)(C)[C@H](C(=O)NCCC(=O)NCCSC(C)=O)O1)C(C)C. The number of nitrogens with one attached hydrogen (secondary N) is 2. The Kier molecular flexibility index (Phi) is 11.4. The molecule has 0 saturated carbocycles. The van der Waals surface area contributed by atoms with Gasteiger partial charge in [-0.3, -0.25) is 28.3 Å². The molecule has 0 aromatic heterocycles. The van der Waals surface area contributed by atoms with Gasteiger partial charge < -0.3 is 19.9 Å². The molecular weight excluding hydrogens is 459 g/mol. The zero-order valence-electron chi connectivity index (χ0n) is 19.6. The first kappa shape index (κ1) is 28.6. The van der Waals surface area contributed by atoms with Crippen LogP contribution in [0.3, 0.4) is 0 Å². The van der Waals surface area contributed by atoms with Crippen LogP contribution < -0.4 is 10.6 Å². The summed E-state index contributed by atoms with van der Waals surface area (Å²) in [7, 11) is -2.47. The summed E-state index contributed by atoms with van der Waals surface area (Å²) in [5, 5.41) is 5.29. The molecule has 184 valence electrons. The van der Waals surface area contributed by atoms with Crippen molar-refractivity contribution in [1.82, 2.24) is 10.6 Å². The average Bonchev–Trinajstić information content (AvgIpc) is 2.70. The molecule has 32 heavy (non-hydrogen) atoms. The molecule has 1 saturated heterocycles. The first-order valence-corrected chi connectivity index (χ1v) is 13.2. The predicted octanol–water partition coefficient (Wildman–Crippen LogP) is 1.97. The minimum atomic E-state index is -3.73. The monoisotopic (exact) mass is 494 g/mol. The van der Waals surface area contributed by atoms with Gasteiger partial charge in [-0.2, -0.15) is 0 Å². The molecule has 0 aliphatic carbocycles. The Balaban J connectivity index is 2.65. The van der Waals surface area contributed by atoms with Crippen molar-refractivity contribution in [3.05, 3.63) is 0 Å². The molecule has 1 aliphatic rings. The van der Waals surface area contributed by atoms with Crippen molar-refractivity contribution in [2.24, 2.45) is 17.3 Å². The van der Waals surface area contributed by atoms with Gasteiger partial charge in [0.05, 0.1) is 25.8 Å². The Morgan fingerprint density at radius 3 is 2.41 bits per heavy atom. The molecule has 2 amide bonds. The highest BCUT2D eigenvalue weighted by Crippen LogP contribution is 2.57. The largest absolute Gasteiger partial charge is 0.469 e. The van der Waals surface area contributed by atoms with E-state index in [1.165, 1.54) is 14.0 Å². The fraction of sp³-hybridized carbons (Fsp3) is 0.800. The van der Waals surface area contributed by atoms with Crippen molar-refractivity contribution in [2.45, 2.75) is 47.1 Å². The molecule has 0 spiro atoms. The quantitative estimate of drug-likeness (QED) is 0.251. The number of amides is 2. The second kappa shape index (κ2) is 12.7. The van der Waals surface area contributed by atoms with Gasteiger partial charge in [0.25, 0.3) is 0 Å². The Hall–Kier alpha value is -1.42. The van der Waals surface area contributed by atoms with Crippen LogP contribution in [0.15, 0.2) is 0 Å². The van der Waals surface area contributed by atoms with Gasteiger partial charge in [-0.15, -0.1) is 0 Å². The smallest absolute Gasteiger partial charge is 0.332 e. The Morgan fingerprint density at radius 1 is 1.19 bits per heavy atom. The summed E-state index contributed by atoms with van der Waals surface area (Å²) in [6.45, 7) is 9.00. The molecule has 1 fully saturated rings. The number of hydrogen-bond donors (Lipinski definition) is 2. The Bertz CT molecular complexity index is 743. The first-order valence-electron chi connectivity index (χ1n) is 10.5. The summed E-state index contributed by atoms with van der Waals surface area (Å²) >= 11 is 1.12. The topological polar surface area (TPSA) is 137 Å². The second-order valence-corrected chi connectivity index (χ2v) is 12.0. The lowest BCUT2D eigenvalue weighted by molar-refractivity contribution is -0.146. The van der Waals surface area contributed by atoms with Gasteiger partial charge in [-0.25, -0.2) is 0 Å². The van der Waals surface area contributed by atoms with E-state index in [0.717, 1.165) is 11.8 Å². The molecule has 1 unspecified atom stereocenters. The van der Waals surface area contributed by atoms with Crippen LogP contribution in [0.1, 0.15) is 41.0 Å². The second-order valence-electron chi connectivity index (χ2n) is 8.65. The number of thioether (sulfide) groups is 1. The van der Waals surface area contributed by atoms with Crippen molar-refractivity contribution in [2.75, 3.05) is 38.7 Å². The molecule has 0 radical (unpaired) electrons. The summed E-state index contributed by atoms with van der Waals surface area (Å²) in [4.78, 5) is 47.5. The van der Waals surface area contributed by atoms with Gasteiger partial charge in [-0.05, 0) is 5.92 Å². The van der Waals surface area contributed by atoms with Crippen molar-refractivity contribution >= 4 is 42.3 Å². The van der Waals surface area contributed by atoms with E-state index in [9.17, 15) is 23.7 Å². The maximum Gasteiger partial charge on any atom is 0.332 e. The fourth-order valence-corrected chi connectivity index (χ4v) is 6.02. The maximum atomic E-state index is 13.2. The van der Waals surface area contributed by atoms with Crippen LogP contribution in [-0.2, 0) is 37.5 Å². The van der Waals surface area contributed by atoms with E-state index in [-0.39, 0.29) is 42.7 Å². The lowest BCUT2D eigenvalue weighted by Crippen LogP contribution is -2.50. The highest BCUT2D eigenvalue weighted by atomic mass is 32.2. The molecule has 12 heteroatoms. The zero-order chi connectivity index (χ0) is 24.5. The Labute approximate surface area is 193 Å². The summed E-state index contributed by atoms with van der Waals surface area (Å²) in [5.74, 6) is -1.64. The van der Waals surface area contributed by atoms with E-state index in [2.05, 4.69) is 10.6 Å². The highest BCUT2D eigenvalue weighted by Gasteiger charge is 2.49. The van der Waals surface area contributed by atoms with E-state index >= 15 is 0 Å². The molecule has 1 aliphatic heterocycles. The third-order valence-electron chi connectivity index (χ3n) is 4.96. The van der Waals surface area contributed by atoms with Crippen LogP contribution in [0, 0.1) is 17.3 Å². The van der Waals surface area contributed by atoms with Gasteiger partial charge in [0.1, 0.15) is 0 Å². The molecule has 2 N–H and O–H groups in total. The molecule has 0 aromatic rings. The predicted molar refractivity (Wildman–Crippen MR) is 121 cm³/mol. The number of carbonyl (C=O) groups excluding carboxylic acids is 4. The van der Waals surface area contributed by atoms with Gasteiger partial charge in [0, 0.05) is 37.6 Å². The van der Waals surface area contributed by atoms with Crippen molar-refractivity contribution < 1.29 is 37.5 Å². The molecule has 1 heterocycles. The van der Waals surface area contributed by atoms with Crippen molar-refractivity contribution in [1.29, 1.82) is 0 Å². The van der Waals surface area contributed by atoms with Crippen molar-refractivity contribution in [3.63, 3.8) is 0 Å². The number of esters is 1. The lowest BCUT2D eigenvalue weighted by Gasteiger charge is -2.41. The van der Waals surface area contributed by atoms with Crippen LogP contribution in [0.4, 0.5) is 0 Å². The molecule has 3 atom stereocenters. The van der Waals surface area contributed by atoms with E-state index in [1.807, 2.05) is 0 Å². The molecule has 10 nitrogen and oxygen atoms in total. The van der Waals surface area contributed by atoms with E-state index in [4.69, 9.17) is 13.8 Å². The fourth-order valence-electron chi connectivity index (χ4n) is 2.99. The van der Waals surface area contributed by atoms with Gasteiger partial charge in [-0.1, -0.05) is 39.5 Å². The summed E-state index contributed by atoms with van der Waals surface area (Å²) < 4.78 is 29.2. The summed E-state index contributed by atoms with van der Waals surface area (Å²) in [6, 6.07) is 0. The van der Waals surface area contributed by atoms with Crippen LogP contribution in [0.25, 0.3) is 0 Å². The van der Waals surface area contributed by atoms with E-state index in [0.29, 0.717) is 12.3 Å². The van der Waals surface area contributed by atoms with E-state index < -0.39 is 36.9 Å². The third-order valence-corrected chi connectivity index (χ3v) is 7.67. The average molecular weight is 495 g/mol. The number of ether oxygens (including phenoxy) is 1. The molecular formula is C20H35N2O8PS. The number of carbonyl (C=O) groups is 4. The van der Waals surface area contributed by atoms with Gasteiger partial charge in [0.2, 0.25) is 11.8 Å². The zero-order valence-corrected chi connectivity index (χ0v) is 21.3. The normalized spacial score (nSPS) is 23.3. The summed E-state index contributed by atoms with van der Waals surface area (Å²) in [6.07, 6.45) is -1.20. The number of rotatable bonds is 11. The van der Waals surface area contributed by atoms with E-state index in [1.54, 1.807) is 27.7 Å². The molecule has 0 aromatic carbocycles. The lowest BCUT2D eigenvalue weighted by atomic mass is 9.87. The van der Waals surface area contributed by atoms with Crippen LogP contribution in [0.2, 0.25) is 0 Å². The van der Waals surface area contributed by atoms with Gasteiger partial charge >= 0.3 is 13.6 Å². The first-order chi connectivity index (χ1) is 14.8. The minimum Gasteiger partial charge on any atom is -0.469 e. The molecule has 1 rings (SSSR count). The Morgan fingerprint density at radius 2 is 1.84 bits per heavy atom.